The van der Waals surface area contributed by atoms with Crippen molar-refractivity contribution in [2.45, 2.75) is 18.9 Å². The van der Waals surface area contributed by atoms with Crippen molar-refractivity contribution < 1.29 is 19.1 Å². The van der Waals surface area contributed by atoms with E-state index in [4.69, 9.17) is 5.73 Å². The second-order valence-electron chi connectivity index (χ2n) is 4.36. The molecule has 7 heteroatoms. The van der Waals surface area contributed by atoms with Crippen molar-refractivity contribution in [2.75, 3.05) is 5.01 Å². The van der Waals surface area contributed by atoms with Crippen LogP contribution >= 0.6 is 0 Å². The van der Waals surface area contributed by atoms with E-state index in [1.807, 2.05) is 0 Å². The van der Waals surface area contributed by atoms with Crippen LogP contribution in [0.15, 0.2) is 30.3 Å². The van der Waals surface area contributed by atoms with Gasteiger partial charge in [-0.15, -0.1) is 0 Å². The number of nitrogens with two attached hydrogens (primary N) is 1. The zero-order valence-electron chi connectivity index (χ0n) is 10.3. The van der Waals surface area contributed by atoms with Gasteiger partial charge >= 0.3 is 18.0 Å². The zero-order chi connectivity index (χ0) is 14.0. The summed E-state index contributed by atoms with van der Waals surface area (Å²) >= 11 is 0. The van der Waals surface area contributed by atoms with E-state index >= 15 is 0 Å². The Hall–Kier alpha value is -2.57. The minimum atomic E-state index is -1.31. The summed E-state index contributed by atoms with van der Waals surface area (Å²) in [6, 6.07) is 7.77. The Kier molecular flexibility index (Phi) is 3.12. The van der Waals surface area contributed by atoms with Crippen LogP contribution in [0.5, 0.6) is 0 Å². The normalized spacial score (nSPS) is 21.9. The van der Waals surface area contributed by atoms with E-state index in [2.05, 4.69) is 10.2 Å². The van der Waals surface area contributed by atoms with E-state index in [1.54, 1.807) is 30.3 Å². The number of hydrogen-bond donors (Lipinski definition) is 2. The van der Waals surface area contributed by atoms with E-state index in [0.29, 0.717) is 5.69 Å². The summed E-state index contributed by atoms with van der Waals surface area (Å²) in [6.45, 7) is 1.50. The molecule has 0 aromatic heterocycles. The number of nitrogens with zero attached hydrogens (tertiary/aromatic N) is 1. The van der Waals surface area contributed by atoms with Crippen LogP contribution in [0.2, 0.25) is 0 Å². The molecule has 0 spiro atoms. The highest BCUT2D eigenvalue weighted by atomic mass is 16.6. The summed E-state index contributed by atoms with van der Waals surface area (Å²) in [5.74, 6) is -1.37. The van der Waals surface area contributed by atoms with Gasteiger partial charge in [0.05, 0.1) is 12.1 Å². The number of carbonyl (C=O) groups excluding carboxylic acids is 3. The first-order valence-electron chi connectivity index (χ1n) is 5.60. The standard InChI is InChI=1S/C12H13N3O4/c1-12(7-9(16)19-10(12)17)15(14-11(13)18)8-5-3-2-4-6-8/h2-6H,7H2,1H3,(H3,13,14,18)/t12-/m0/s1. The van der Waals surface area contributed by atoms with Crippen molar-refractivity contribution in [1.82, 2.24) is 5.43 Å². The lowest BCUT2D eigenvalue weighted by Crippen LogP contribution is -2.59. The topological polar surface area (TPSA) is 102 Å². The molecule has 0 unspecified atom stereocenters. The minimum absolute atomic E-state index is 0.166. The van der Waals surface area contributed by atoms with Crippen molar-refractivity contribution in [3.8, 4) is 0 Å². The molecular formula is C12H13N3O4. The first kappa shape index (κ1) is 12.9. The number of ether oxygens (including phenoxy) is 1. The number of para-hydroxylation sites is 1. The molecule has 0 aliphatic carbocycles. The number of amides is 2. The summed E-state index contributed by atoms with van der Waals surface area (Å²) in [4.78, 5) is 34.2. The van der Waals surface area contributed by atoms with Gasteiger partial charge in [-0.3, -0.25) is 9.80 Å². The third-order valence-corrected chi connectivity index (χ3v) is 2.86. The summed E-state index contributed by atoms with van der Waals surface area (Å²) in [5, 5.41) is 1.25. The van der Waals surface area contributed by atoms with Gasteiger partial charge in [0.25, 0.3) is 0 Å². The molecule has 0 radical (unpaired) electrons. The van der Waals surface area contributed by atoms with Gasteiger partial charge in [0.15, 0.2) is 5.54 Å². The zero-order valence-corrected chi connectivity index (χ0v) is 10.3. The van der Waals surface area contributed by atoms with Gasteiger partial charge < -0.3 is 10.5 Å². The third-order valence-electron chi connectivity index (χ3n) is 2.86. The molecule has 100 valence electrons. The molecule has 3 N–H and O–H groups in total. The molecule has 1 saturated heterocycles. The van der Waals surface area contributed by atoms with Crippen LogP contribution in [0.4, 0.5) is 10.5 Å². The number of hydrazine groups is 1. The van der Waals surface area contributed by atoms with Crippen molar-refractivity contribution in [2.24, 2.45) is 5.73 Å². The van der Waals surface area contributed by atoms with Gasteiger partial charge in [-0.25, -0.2) is 15.0 Å². The van der Waals surface area contributed by atoms with Crippen molar-refractivity contribution in [3.63, 3.8) is 0 Å². The molecule has 19 heavy (non-hydrogen) atoms. The number of rotatable bonds is 3. The number of cyclic esters (lactones) is 2. The number of primary amides is 1. The number of benzene rings is 1. The molecule has 0 bridgehead atoms. The Morgan fingerprint density at radius 1 is 1.37 bits per heavy atom. The first-order valence-corrected chi connectivity index (χ1v) is 5.60. The highest BCUT2D eigenvalue weighted by Gasteiger charge is 2.51. The van der Waals surface area contributed by atoms with Gasteiger partial charge in [0.2, 0.25) is 0 Å². The Morgan fingerprint density at radius 2 is 2.00 bits per heavy atom. The average molecular weight is 263 g/mol. The van der Waals surface area contributed by atoms with Gasteiger partial charge in [0.1, 0.15) is 0 Å². The molecule has 0 saturated carbocycles. The van der Waals surface area contributed by atoms with E-state index in [-0.39, 0.29) is 6.42 Å². The number of carbonyl (C=O) groups is 3. The summed E-state index contributed by atoms with van der Waals surface area (Å²) in [6.07, 6.45) is -0.166. The number of nitrogens with one attached hydrogen (secondary N) is 1. The largest absolute Gasteiger partial charge is 0.391 e. The van der Waals surface area contributed by atoms with E-state index < -0.39 is 23.5 Å². The Morgan fingerprint density at radius 3 is 2.47 bits per heavy atom. The lowest BCUT2D eigenvalue weighted by molar-refractivity contribution is -0.153. The van der Waals surface area contributed by atoms with E-state index in [0.717, 1.165) is 0 Å². The fourth-order valence-electron chi connectivity index (χ4n) is 1.93. The molecule has 1 atom stereocenters. The van der Waals surface area contributed by atoms with Crippen LogP contribution < -0.4 is 16.2 Å². The van der Waals surface area contributed by atoms with E-state index in [1.165, 1.54) is 11.9 Å². The predicted octanol–water partition coefficient (Wildman–Crippen LogP) is 0.308. The molecule has 1 aliphatic heterocycles. The van der Waals surface area contributed by atoms with Gasteiger partial charge in [-0.05, 0) is 19.1 Å². The smallest absolute Gasteiger partial charge is 0.341 e. The van der Waals surface area contributed by atoms with Crippen molar-refractivity contribution in [1.29, 1.82) is 0 Å². The van der Waals surface area contributed by atoms with Crippen molar-refractivity contribution >= 4 is 23.7 Å². The van der Waals surface area contributed by atoms with Crippen LogP contribution in [0.1, 0.15) is 13.3 Å². The summed E-state index contributed by atoms with van der Waals surface area (Å²) < 4.78 is 4.55. The van der Waals surface area contributed by atoms with Crippen LogP contribution in [-0.2, 0) is 14.3 Å². The highest BCUT2D eigenvalue weighted by molar-refractivity contribution is 6.02. The number of esters is 2. The quantitative estimate of drug-likeness (QED) is 0.464. The number of hydrogen-bond acceptors (Lipinski definition) is 5. The molecule has 1 aromatic rings. The number of urea groups is 1. The summed E-state index contributed by atoms with van der Waals surface area (Å²) in [5.41, 5.74) is 6.67. The molecular weight excluding hydrogens is 250 g/mol. The Balaban J connectivity index is 2.41. The molecule has 2 rings (SSSR count). The second-order valence-corrected chi connectivity index (χ2v) is 4.36. The number of anilines is 1. The van der Waals surface area contributed by atoms with Crippen LogP contribution in [0.3, 0.4) is 0 Å². The molecule has 1 fully saturated rings. The summed E-state index contributed by atoms with van der Waals surface area (Å²) in [7, 11) is 0. The minimum Gasteiger partial charge on any atom is -0.391 e. The predicted molar refractivity (Wildman–Crippen MR) is 65.8 cm³/mol. The van der Waals surface area contributed by atoms with Gasteiger partial charge in [0, 0.05) is 0 Å². The van der Waals surface area contributed by atoms with Gasteiger partial charge in [-0.1, -0.05) is 18.2 Å². The lowest BCUT2D eigenvalue weighted by Gasteiger charge is -2.35. The maximum absolute atomic E-state index is 11.8. The maximum Gasteiger partial charge on any atom is 0.341 e. The maximum atomic E-state index is 11.8. The monoisotopic (exact) mass is 263 g/mol. The van der Waals surface area contributed by atoms with Crippen molar-refractivity contribution in [3.05, 3.63) is 30.3 Å². The second kappa shape index (κ2) is 4.60. The molecule has 7 nitrogen and oxygen atoms in total. The van der Waals surface area contributed by atoms with Gasteiger partial charge in [-0.2, -0.15) is 0 Å². The Labute approximate surface area is 109 Å². The lowest BCUT2D eigenvalue weighted by atomic mass is 9.99. The SMILES string of the molecule is C[C@]1(N(NC(N)=O)c2ccccc2)CC(=O)OC1=O. The fourth-order valence-corrected chi connectivity index (χ4v) is 1.93. The fraction of sp³-hybridized carbons (Fsp3) is 0.250. The van der Waals surface area contributed by atoms with Crippen LogP contribution in [0, 0.1) is 0 Å². The molecule has 1 aliphatic rings. The average Bonchev–Trinajstić information content (AvgIpc) is 2.61. The Bertz CT molecular complexity index is 531. The molecule has 1 heterocycles. The molecule has 1 aromatic carbocycles. The third kappa shape index (κ3) is 2.35. The highest BCUT2D eigenvalue weighted by Crippen LogP contribution is 2.30. The van der Waals surface area contributed by atoms with E-state index in [9.17, 15) is 14.4 Å². The van der Waals surface area contributed by atoms with Crippen LogP contribution in [-0.4, -0.2) is 23.5 Å². The first-order chi connectivity index (χ1) is 8.93. The molecule has 2 amide bonds. The van der Waals surface area contributed by atoms with Crippen LogP contribution in [0.25, 0.3) is 0 Å².